The molecule has 0 saturated heterocycles. The first-order valence-corrected chi connectivity index (χ1v) is 12.7. The molecule has 0 bridgehead atoms. The Morgan fingerprint density at radius 3 is 2.62 bits per heavy atom. The van der Waals surface area contributed by atoms with Crippen molar-refractivity contribution >= 4 is 51.4 Å². The number of anilines is 3. The van der Waals surface area contributed by atoms with E-state index < -0.39 is 16.8 Å². The van der Waals surface area contributed by atoms with Crippen LogP contribution in [0.15, 0.2) is 47.3 Å². The molecule has 0 radical (unpaired) electrons. The molecule has 3 atom stereocenters. The number of aryl methyl sites for hydroxylation is 1. The smallest absolute Gasteiger partial charge is 0.255 e. The lowest BCUT2D eigenvalue weighted by Crippen LogP contribution is -2.23. The maximum absolute atomic E-state index is 14.7. The summed E-state index contributed by atoms with van der Waals surface area (Å²) in [5.74, 6) is -0.0118. The summed E-state index contributed by atoms with van der Waals surface area (Å²) in [6.07, 6.45) is 1.37. The lowest BCUT2D eigenvalue weighted by atomic mass is 10.1. The molecule has 1 heterocycles. The molecule has 10 heteroatoms. The van der Waals surface area contributed by atoms with Crippen molar-refractivity contribution in [3.63, 3.8) is 0 Å². The van der Waals surface area contributed by atoms with Crippen LogP contribution in [0.2, 0.25) is 10.0 Å². The number of rotatable bonds is 8. The van der Waals surface area contributed by atoms with Gasteiger partial charge in [0.2, 0.25) is 0 Å². The molecule has 0 amide bonds. The molecule has 1 aliphatic rings. The van der Waals surface area contributed by atoms with Crippen molar-refractivity contribution in [1.82, 2.24) is 4.57 Å². The molecular formula is C24H24Cl2FN3O3S. The highest BCUT2D eigenvalue weighted by Crippen LogP contribution is 2.48. The van der Waals surface area contributed by atoms with Crippen LogP contribution in [0.4, 0.5) is 21.6 Å². The fourth-order valence-electron chi connectivity index (χ4n) is 3.80. The molecule has 0 spiro atoms. The van der Waals surface area contributed by atoms with Gasteiger partial charge in [0.15, 0.2) is 5.75 Å². The van der Waals surface area contributed by atoms with E-state index in [0.29, 0.717) is 28.6 Å². The van der Waals surface area contributed by atoms with E-state index in [1.807, 2.05) is 13.0 Å². The second kappa shape index (κ2) is 9.98. The summed E-state index contributed by atoms with van der Waals surface area (Å²) in [6.45, 7) is 1.94. The summed E-state index contributed by atoms with van der Waals surface area (Å²) in [5, 5.41) is 3.84. The minimum atomic E-state index is -1.53. The molecule has 180 valence electrons. The van der Waals surface area contributed by atoms with Crippen LogP contribution in [0.1, 0.15) is 30.4 Å². The molecule has 1 aliphatic carbocycles. The Bertz CT molecular complexity index is 1330. The van der Waals surface area contributed by atoms with E-state index in [0.717, 1.165) is 11.1 Å². The predicted octanol–water partition coefficient (Wildman–Crippen LogP) is 5.78. The largest absolute Gasteiger partial charge is 0.494 e. The van der Waals surface area contributed by atoms with E-state index in [9.17, 15) is 13.4 Å². The lowest BCUT2D eigenvalue weighted by Gasteiger charge is -2.20. The highest BCUT2D eigenvalue weighted by molar-refractivity contribution is 7.87. The zero-order chi connectivity index (χ0) is 24.6. The topological polar surface area (TPSA) is 72.4 Å². The zero-order valence-electron chi connectivity index (χ0n) is 18.8. The third-order valence-corrected chi connectivity index (χ3v) is 7.93. The predicted molar refractivity (Wildman–Crippen MR) is 137 cm³/mol. The Morgan fingerprint density at radius 2 is 1.97 bits per heavy atom. The molecule has 1 fully saturated rings. The molecule has 2 aromatic carbocycles. The Labute approximate surface area is 209 Å². The first-order valence-electron chi connectivity index (χ1n) is 10.7. The number of pyridine rings is 1. The van der Waals surface area contributed by atoms with E-state index in [1.54, 1.807) is 31.3 Å². The Balaban J connectivity index is 1.64. The van der Waals surface area contributed by atoms with Crippen molar-refractivity contribution in [2.45, 2.75) is 30.9 Å². The quantitative estimate of drug-likeness (QED) is 0.392. The van der Waals surface area contributed by atoms with Gasteiger partial charge in [0.25, 0.3) is 5.56 Å². The molecule has 1 aromatic heterocycles. The first kappa shape index (κ1) is 24.6. The fourth-order valence-corrected chi connectivity index (χ4v) is 5.73. The highest BCUT2D eigenvalue weighted by Gasteiger charge is 2.45. The van der Waals surface area contributed by atoms with Crippen LogP contribution in [0.5, 0.6) is 5.75 Å². The van der Waals surface area contributed by atoms with Crippen LogP contribution >= 0.6 is 23.2 Å². The van der Waals surface area contributed by atoms with Crippen LogP contribution in [0.25, 0.3) is 0 Å². The third-order valence-electron chi connectivity index (χ3n) is 5.89. The van der Waals surface area contributed by atoms with Gasteiger partial charge < -0.3 is 10.1 Å². The van der Waals surface area contributed by atoms with Crippen LogP contribution in [0.3, 0.4) is 0 Å². The van der Waals surface area contributed by atoms with E-state index in [4.69, 9.17) is 27.9 Å². The van der Waals surface area contributed by atoms with Crippen molar-refractivity contribution in [1.29, 1.82) is 0 Å². The van der Waals surface area contributed by atoms with Gasteiger partial charge in [-0.1, -0.05) is 42.3 Å². The number of methoxy groups -OCH3 is 1. The number of ether oxygens (including phenoxy) is 1. The van der Waals surface area contributed by atoms with E-state index >= 15 is 0 Å². The molecule has 4 rings (SSSR count). The first-order chi connectivity index (χ1) is 16.2. The Hall–Kier alpha value is -2.55. The van der Waals surface area contributed by atoms with Gasteiger partial charge in [0.05, 0.1) is 18.0 Å². The molecule has 1 saturated carbocycles. The van der Waals surface area contributed by atoms with Gasteiger partial charge in [-0.2, -0.15) is 0 Å². The monoisotopic (exact) mass is 523 g/mol. The number of aromatic nitrogens is 1. The molecular weight excluding hydrogens is 500 g/mol. The molecule has 6 nitrogen and oxygen atoms in total. The van der Waals surface area contributed by atoms with Crippen molar-refractivity contribution in [2.24, 2.45) is 7.05 Å². The highest BCUT2D eigenvalue weighted by atomic mass is 35.5. The second-order valence-electron chi connectivity index (χ2n) is 8.07. The minimum Gasteiger partial charge on any atom is -0.494 e. The van der Waals surface area contributed by atoms with Gasteiger partial charge in [-0.25, -0.2) is 8.60 Å². The van der Waals surface area contributed by atoms with E-state index in [-0.39, 0.29) is 34.0 Å². The van der Waals surface area contributed by atoms with Gasteiger partial charge in [-0.05, 0) is 48.2 Å². The lowest BCUT2D eigenvalue weighted by molar-refractivity contribution is 0.415. The van der Waals surface area contributed by atoms with Crippen molar-refractivity contribution in [3.05, 3.63) is 79.8 Å². The number of halogens is 3. The third kappa shape index (κ3) is 4.94. The van der Waals surface area contributed by atoms with E-state index in [1.165, 1.54) is 23.8 Å². The summed E-state index contributed by atoms with van der Waals surface area (Å²) < 4.78 is 37.6. The average molecular weight is 524 g/mol. The van der Waals surface area contributed by atoms with Gasteiger partial charge in [0, 0.05) is 29.1 Å². The normalized spacial score (nSPS) is 17.8. The van der Waals surface area contributed by atoms with Crippen molar-refractivity contribution in [2.75, 3.05) is 17.1 Å². The van der Waals surface area contributed by atoms with Crippen LogP contribution in [-0.2, 0) is 24.5 Å². The van der Waals surface area contributed by atoms with Crippen LogP contribution in [-0.4, -0.2) is 21.1 Å². The average Bonchev–Trinajstić information content (AvgIpc) is 3.60. The minimum absolute atomic E-state index is 0.00654. The second-order valence-corrected chi connectivity index (χ2v) is 10.3. The summed E-state index contributed by atoms with van der Waals surface area (Å²) >= 11 is 12.3. The van der Waals surface area contributed by atoms with Crippen molar-refractivity contribution < 1.29 is 13.3 Å². The van der Waals surface area contributed by atoms with Crippen molar-refractivity contribution in [3.8, 4) is 5.75 Å². The molecule has 34 heavy (non-hydrogen) atoms. The maximum Gasteiger partial charge on any atom is 0.255 e. The van der Waals surface area contributed by atoms with Crippen LogP contribution in [0, 0.1) is 5.82 Å². The standard InChI is InChI=1S/C24H24Cl2FN3O3S/c1-4-13-5-8-19(18(27)9-13)28-24-23(20(33-3)12-22(31)30(24)2)29-34(32)21-11-16(21)15-7-6-14(25)10-17(15)26/h5-10,12,16,21,28-29H,4,11H2,1-3H3. The fraction of sp³-hybridized carbons (Fsp3) is 0.292. The SMILES string of the molecule is CCc1ccc(Nc2c(NS(=O)C3CC3c3ccc(Cl)cc3Cl)c(OC)cc(=O)n2C)c(F)c1. The summed E-state index contributed by atoms with van der Waals surface area (Å²) in [7, 11) is 1.43. The van der Waals surface area contributed by atoms with Crippen LogP contribution < -0.4 is 20.3 Å². The molecule has 3 aromatic rings. The zero-order valence-corrected chi connectivity index (χ0v) is 21.2. The number of nitrogens with one attached hydrogen (secondary N) is 2. The molecule has 3 unspecified atom stereocenters. The summed E-state index contributed by atoms with van der Waals surface area (Å²) in [6, 6.07) is 11.4. The maximum atomic E-state index is 14.7. The van der Waals surface area contributed by atoms with Gasteiger partial charge in [-0.3, -0.25) is 14.1 Å². The number of hydrogen-bond donors (Lipinski definition) is 2. The number of benzene rings is 2. The Morgan fingerprint density at radius 1 is 1.21 bits per heavy atom. The van der Waals surface area contributed by atoms with E-state index in [2.05, 4.69) is 10.0 Å². The Kier molecular flexibility index (Phi) is 7.21. The van der Waals surface area contributed by atoms with Gasteiger partial charge >= 0.3 is 0 Å². The number of nitrogens with zero attached hydrogens (tertiary/aromatic N) is 1. The molecule has 0 aliphatic heterocycles. The van der Waals surface area contributed by atoms with Gasteiger partial charge in [-0.15, -0.1) is 0 Å². The summed E-state index contributed by atoms with van der Waals surface area (Å²) in [4.78, 5) is 12.5. The molecule has 2 N–H and O–H groups in total. The summed E-state index contributed by atoms with van der Waals surface area (Å²) in [5.41, 5.74) is 1.86. The van der Waals surface area contributed by atoms with Gasteiger partial charge in [0.1, 0.15) is 28.3 Å². The number of hydrogen-bond acceptors (Lipinski definition) is 4.